The van der Waals surface area contributed by atoms with Crippen molar-refractivity contribution in [3.8, 4) is 0 Å². The third kappa shape index (κ3) is 3.58. The van der Waals surface area contributed by atoms with Crippen molar-refractivity contribution in [2.45, 2.75) is 26.1 Å². The van der Waals surface area contributed by atoms with E-state index in [0.29, 0.717) is 0 Å². The molecule has 0 aliphatic carbocycles. The molecule has 1 aromatic carbocycles. The van der Waals surface area contributed by atoms with Gasteiger partial charge in [0.1, 0.15) is 0 Å². The van der Waals surface area contributed by atoms with Crippen LogP contribution in [0.2, 0.25) is 13.1 Å². The summed E-state index contributed by atoms with van der Waals surface area (Å²) < 4.78 is 5.19. The van der Waals surface area contributed by atoms with Crippen LogP contribution in [0.25, 0.3) is 5.20 Å². The van der Waals surface area contributed by atoms with Gasteiger partial charge in [0.25, 0.3) is 0 Å². The molecule has 0 amide bonds. The molecule has 0 saturated heterocycles. The van der Waals surface area contributed by atoms with E-state index in [1.165, 1.54) is 5.56 Å². The lowest BCUT2D eigenvalue weighted by Crippen LogP contribution is -2.32. The van der Waals surface area contributed by atoms with Crippen LogP contribution in [0, 0.1) is 0 Å². The highest BCUT2D eigenvalue weighted by Crippen LogP contribution is 2.29. The number of hydrogen-bond donors (Lipinski definition) is 0. The van der Waals surface area contributed by atoms with E-state index in [2.05, 4.69) is 37.4 Å². The highest BCUT2D eigenvalue weighted by Gasteiger charge is 2.28. The van der Waals surface area contributed by atoms with E-state index < -0.39 is 8.07 Å². The summed E-state index contributed by atoms with van der Waals surface area (Å²) >= 11 is 0. The first-order chi connectivity index (χ1) is 9.49. The van der Waals surface area contributed by atoms with Crippen molar-refractivity contribution >= 4 is 19.1 Å². The van der Waals surface area contributed by atoms with Crippen molar-refractivity contribution in [1.29, 1.82) is 0 Å². The van der Waals surface area contributed by atoms with Gasteiger partial charge in [0, 0.05) is 5.56 Å². The number of carbonyl (C=O) groups excluding carboxylic acids is 1. The monoisotopic (exact) mass is 284 g/mol. The molecule has 0 N–H and O–H groups in total. The molecule has 2 rings (SSSR count). The van der Waals surface area contributed by atoms with Gasteiger partial charge < -0.3 is 4.42 Å². The maximum absolute atomic E-state index is 11.6. The molecule has 0 atom stereocenters. The van der Waals surface area contributed by atoms with Crippen LogP contribution in [-0.4, -0.2) is 13.9 Å². The first-order valence-electron chi connectivity index (χ1n) is 6.78. The molecule has 1 heterocycles. The first kappa shape index (κ1) is 14.5. The molecule has 2 nitrogen and oxygen atoms in total. The van der Waals surface area contributed by atoms with Crippen LogP contribution in [-0.2, 0) is 10.8 Å². The number of rotatable bonds is 5. The molecule has 20 heavy (non-hydrogen) atoms. The van der Waals surface area contributed by atoms with Gasteiger partial charge in [-0.05, 0) is 30.3 Å². The molecule has 0 aliphatic heterocycles. The Morgan fingerprint density at radius 2 is 1.90 bits per heavy atom. The van der Waals surface area contributed by atoms with Crippen LogP contribution in [0.5, 0.6) is 0 Å². The van der Waals surface area contributed by atoms with Crippen molar-refractivity contribution < 1.29 is 9.21 Å². The molecule has 0 saturated carbocycles. The Labute approximate surface area is 121 Å². The Morgan fingerprint density at radius 3 is 2.45 bits per heavy atom. The first-order valence-corrected chi connectivity index (χ1v) is 9.99. The van der Waals surface area contributed by atoms with Gasteiger partial charge in [-0.1, -0.05) is 49.0 Å². The van der Waals surface area contributed by atoms with Crippen molar-refractivity contribution in [2.75, 3.05) is 0 Å². The zero-order valence-electron chi connectivity index (χ0n) is 12.2. The molecule has 3 heteroatoms. The third-order valence-corrected chi connectivity index (χ3v) is 6.58. The summed E-state index contributed by atoms with van der Waals surface area (Å²) in [5, 5.41) is 1.16. The molecular formula is C17H20O2Si. The van der Waals surface area contributed by atoms with Gasteiger partial charge in [-0.3, -0.25) is 4.79 Å². The molecular weight excluding hydrogens is 264 g/mol. The summed E-state index contributed by atoms with van der Waals surface area (Å²) in [5.74, 6) is 0.0924. The van der Waals surface area contributed by atoms with Crippen molar-refractivity contribution in [3.63, 3.8) is 0 Å². The van der Waals surface area contributed by atoms with Crippen molar-refractivity contribution in [1.82, 2.24) is 0 Å². The minimum absolute atomic E-state index is 0.0924. The van der Waals surface area contributed by atoms with Gasteiger partial charge in [-0.2, -0.15) is 0 Å². The zero-order valence-corrected chi connectivity index (χ0v) is 13.2. The lowest BCUT2D eigenvalue weighted by Gasteiger charge is -2.25. The van der Waals surface area contributed by atoms with Gasteiger partial charge in [0.15, 0.2) is 5.78 Å². The smallest absolute Gasteiger partial charge is 0.152 e. The maximum Gasteiger partial charge on any atom is 0.152 e. The average Bonchev–Trinajstić information content (AvgIpc) is 2.89. The van der Waals surface area contributed by atoms with E-state index in [0.717, 1.165) is 16.8 Å². The Balaban J connectivity index is 2.35. The molecule has 0 fully saturated rings. The van der Waals surface area contributed by atoms with Gasteiger partial charge in [0.05, 0.1) is 20.6 Å². The summed E-state index contributed by atoms with van der Waals surface area (Å²) in [6.45, 7) is 6.19. The van der Waals surface area contributed by atoms with Gasteiger partial charge in [0.2, 0.25) is 0 Å². The predicted molar refractivity (Wildman–Crippen MR) is 85.0 cm³/mol. The van der Waals surface area contributed by atoms with E-state index in [-0.39, 0.29) is 5.78 Å². The highest BCUT2D eigenvalue weighted by molar-refractivity contribution is 6.94. The molecule has 0 spiro atoms. The van der Waals surface area contributed by atoms with Gasteiger partial charge in [-0.25, -0.2) is 0 Å². The Bertz CT molecular complexity index is 595. The molecule has 0 bridgehead atoms. The lowest BCUT2D eigenvalue weighted by molar-refractivity contribution is -0.112. The van der Waals surface area contributed by atoms with E-state index in [9.17, 15) is 4.79 Å². The molecule has 0 radical (unpaired) electrons. The second-order valence-corrected chi connectivity index (χ2v) is 10.4. The Hall–Kier alpha value is -1.87. The molecule has 104 valence electrons. The van der Waals surface area contributed by atoms with Gasteiger partial charge >= 0.3 is 0 Å². The van der Waals surface area contributed by atoms with Gasteiger partial charge in [-0.15, -0.1) is 0 Å². The fourth-order valence-corrected chi connectivity index (χ4v) is 5.46. The van der Waals surface area contributed by atoms with E-state index >= 15 is 0 Å². The van der Waals surface area contributed by atoms with Crippen LogP contribution in [0.15, 0.2) is 59.4 Å². The minimum Gasteiger partial charge on any atom is -0.472 e. The number of hydrogen-bond acceptors (Lipinski definition) is 2. The lowest BCUT2D eigenvalue weighted by atomic mass is 10.2. The van der Waals surface area contributed by atoms with Crippen LogP contribution < -0.4 is 0 Å². The normalized spacial score (nSPS) is 12.4. The highest BCUT2D eigenvalue weighted by atomic mass is 28.3. The SMILES string of the molecule is CC(=O)/C=C(\c1ccoc1)[Si](C)(C)Cc1ccccc1. The largest absolute Gasteiger partial charge is 0.472 e. The van der Waals surface area contributed by atoms with Crippen LogP contribution in [0.1, 0.15) is 18.1 Å². The number of allylic oxidation sites excluding steroid dienone is 1. The average molecular weight is 284 g/mol. The summed E-state index contributed by atoms with van der Waals surface area (Å²) in [5.41, 5.74) is 2.36. The zero-order chi connectivity index (χ0) is 14.6. The van der Waals surface area contributed by atoms with Crippen molar-refractivity contribution in [2.24, 2.45) is 0 Å². The molecule has 2 aromatic rings. The molecule has 0 unspecified atom stereocenters. The predicted octanol–water partition coefficient (Wildman–Crippen LogP) is 4.28. The number of ketones is 1. The fourth-order valence-electron chi connectivity index (χ4n) is 2.49. The second kappa shape index (κ2) is 6.05. The van der Waals surface area contributed by atoms with Crippen LogP contribution in [0.4, 0.5) is 0 Å². The van der Waals surface area contributed by atoms with E-state index in [1.54, 1.807) is 25.5 Å². The fraction of sp³-hybridized carbons (Fsp3) is 0.235. The van der Waals surface area contributed by atoms with Crippen molar-refractivity contribution in [3.05, 3.63) is 66.1 Å². The van der Waals surface area contributed by atoms with E-state index in [1.807, 2.05) is 12.1 Å². The number of carbonyl (C=O) groups is 1. The molecule has 1 aromatic heterocycles. The second-order valence-electron chi connectivity index (χ2n) is 5.73. The minimum atomic E-state index is -1.76. The topological polar surface area (TPSA) is 30.2 Å². The van der Waals surface area contributed by atoms with E-state index in [4.69, 9.17) is 4.42 Å². The Kier molecular flexibility index (Phi) is 4.40. The summed E-state index contributed by atoms with van der Waals surface area (Å²) in [4.78, 5) is 11.6. The maximum atomic E-state index is 11.6. The van der Waals surface area contributed by atoms with Crippen LogP contribution >= 0.6 is 0 Å². The summed E-state index contributed by atoms with van der Waals surface area (Å²) in [6, 6.07) is 13.4. The van der Waals surface area contributed by atoms with Crippen LogP contribution in [0.3, 0.4) is 0 Å². The number of benzene rings is 1. The summed E-state index contributed by atoms with van der Waals surface area (Å²) in [6.07, 6.45) is 5.17. The third-order valence-electron chi connectivity index (χ3n) is 3.40. The summed E-state index contributed by atoms with van der Waals surface area (Å²) in [7, 11) is -1.76. The standard InChI is InChI=1S/C17H20O2Si/c1-14(18)11-17(16-9-10-19-12-16)20(2,3)13-15-7-5-4-6-8-15/h4-12H,13H2,1-3H3/b17-11+. The quantitative estimate of drug-likeness (QED) is 0.606. The Morgan fingerprint density at radius 1 is 1.20 bits per heavy atom. The molecule has 0 aliphatic rings. The number of furan rings is 1.